The Morgan fingerprint density at radius 2 is 2.07 bits per heavy atom. The highest BCUT2D eigenvalue weighted by molar-refractivity contribution is 5.77. The summed E-state index contributed by atoms with van der Waals surface area (Å²) in [7, 11) is 1.48. The van der Waals surface area contributed by atoms with Crippen molar-refractivity contribution in [1.82, 2.24) is 15.3 Å². The molecule has 1 aromatic heterocycles. The topological polar surface area (TPSA) is 118 Å². The Hall–Kier alpha value is -3.06. The van der Waals surface area contributed by atoms with Crippen LogP contribution < -0.4 is 10.6 Å². The highest BCUT2D eigenvalue weighted by atomic mass is 16.6. The lowest BCUT2D eigenvalue weighted by atomic mass is 10.1. The highest BCUT2D eigenvalue weighted by Crippen LogP contribution is 2.29. The van der Waals surface area contributed by atoms with Gasteiger partial charge < -0.3 is 24.8 Å². The van der Waals surface area contributed by atoms with Gasteiger partial charge in [-0.25, -0.2) is 9.97 Å². The van der Waals surface area contributed by atoms with Crippen LogP contribution in [0.3, 0.4) is 0 Å². The van der Waals surface area contributed by atoms with E-state index in [0.717, 1.165) is 5.56 Å². The third-order valence-corrected chi connectivity index (χ3v) is 4.93. The fourth-order valence-electron chi connectivity index (χ4n) is 3.63. The minimum Gasteiger partial charge on any atom is -0.375 e. The van der Waals surface area contributed by atoms with E-state index in [-0.39, 0.29) is 36.8 Å². The smallest absolute Gasteiger partial charge is 0.246 e. The van der Waals surface area contributed by atoms with E-state index in [2.05, 4.69) is 26.7 Å². The standard InChI is InChI=1S/C20H21N5O4/c1-27-11-17(26)23-15-9-28-19-16(10-29-18(15)19)25-20-22-6-5-14(24-20)13-4-2-3-12(7-13)8-21/h2-7,15-16,18-19H,9-11H2,1H3,(H,23,26)(H,22,24,25)/t15-,16+,18-,19+/m1/s1. The lowest BCUT2D eigenvalue weighted by molar-refractivity contribution is -0.126. The number of benzene rings is 1. The van der Waals surface area contributed by atoms with Crippen molar-refractivity contribution in [3.63, 3.8) is 0 Å². The number of carbonyl (C=O) groups is 1. The van der Waals surface area contributed by atoms with Gasteiger partial charge in [-0.05, 0) is 18.2 Å². The fourth-order valence-corrected chi connectivity index (χ4v) is 3.63. The molecular formula is C20H21N5O4. The number of rotatable bonds is 6. The first kappa shape index (κ1) is 19.3. The maximum Gasteiger partial charge on any atom is 0.246 e. The van der Waals surface area contributed by atoms with E-state index in [0.29, 0.717) is 30.4 Å². The predicted octanol–water partition coefficient (Wildman–Crippen LogP) is 0.725. The molecule has 150 valence electrons. The van der Waals surface area contributed by atoms with Crippen molar-refractivity contribution in [1.29, 1.82) is 5.26 Å². The Balaban J connectivity index is 1.43. The van der Waals surface area contributed by atoms with Crippen LogP contribution in [0.1, 0.15) is 5.56 Å². The molecule has 4 atom stereocenters. The quantitative estimate of drug-likeness (QED) is 0.735. The predicted molar refractivity (Wildman–Crippen MR) is 103 cm³/mol. The van der Waals surface area contributed by atoms with Gasteiger partial charge in [0.25, 0.3) is 0 Å². The minimum absolute atomic E-state index is 0.00317. The number of nitriles is 1. The molecule has 0 radical (unpaired) electrons. The third kappa shape index (κ3) is 4.19. The van der Waals surface area contributed by atoms with Gasteiger partial charge in [-0.3, -0.25) is 4.79 Å². The molecular weight excluding hydrogens is 374 g/mol. The van der Waals surface area contributed by atoms with Gasteiger partial charge in [-0.15, -0.1) is 0 Å². The van der Waals surface area contributed by atoms with Crippen molar-refractivity contribution < 1.29 is 19.0 Å². The second kappa shape index (κ2) is 8.53. The number of hydrogen-bond donors (Lipinski definition) is 2. The lowest BCUT2D eigenvalue weighted by Gasteiger charge is -2.18. The van der Waals surface area contributed by atoms with Gasteiger partial charge in [0.05, 0.1) is 42.6 Å². The monoisotopic (exact) mass is 395 g/mol. The van der Waals surface area contributed by atoms with Gasteiger partial charge in [0, 0.05) is 18.9 Å². The van der Waals surface area contributed by atoms with Crippen molar-refractivity contribution in [2.45, 2.75) is 24.3 Å². The Kier molecular flexibility index (Phi) is 5.67. The van der Waals surface area contributed by atoms with Crippen LogP contribution in [0, 0.1) is 11.3 Å². The normalized spacial score (nSPS) is 25.2. The minimum atomic E-state index is -0.233. The summed E-state index contributed by atoms with van der Waals surface area (Å²) in [5.74, 6) is 0.256. The molecule has 2 aliphatic heterocycles. The first-order valence-corrected chi connectivity index (χ1v) is 9.29. The van der Waals surface area contributed by atoms with Gasteiger partial charge in [-0.1, -0.05) is 12.1 Å². The van der Waals surface area contributed by atoms with E-state index in [1.165, 1.54) is 7.11 Å². The SMILES string of the molecule is COCC(=O)N[C@@H]1CO[C@@H]2[C@@H]1OC[C@@H]2Nc1nccc(-c2cccc(C#N)c2)n1. The van der Waals surface area contributed by atoms with Crippen LogP contribution >= 0.6 is 0 Å². The van der Waals surface area contributed by atoms with Crippen molar-refractivity contribution in [2.24, 2.45) is 0 Å². The summed E-state index contributed by atoms with van der Waals surface area (Å²) >= 11 is 0. The fraction of sp³-hybridized carbons (Fsp3) is 0.400. The molecule has 1 aromatic carbocycles. The summed E-state index contributed by atoms with van der Waals surface area (Å²) in [4.78, 5) is 20.6. The summed E-state index contributed by atoms with van der Waals surface area (Å²) < 4.78 is 16.6. The zero-order valence-electron chi connectivity index (χ0n) is 15.9. The highest BCUT2D eigenvalue weighted by Gasteiger charge is 2.48. The van der Waals surface area contributed by atoms with Crippen molar-refractivity contribution in [3.8, 4) is 17.3 Å². The zero-order valence-corrected chi connectivity index (χ0v) is 15.9. The number of methoxy groups -OCH3 is 1. The van der Waals surface area contributed by atoms with Crippen molar-refractivity contribution in [3.05, 3.63) is 42.1 Å². The largest absolute Gasteiger partial charge is 0.375 e. The zero-order chi connectivity index (χ0) is 20.2. The molecule has 2 aromatic rings. The van der Waals surface area contributed by atoms with E-state index in [4.69, 9.17) is 19.5 Å². The molecule has 2 N–H and O–H groups in total. The number of amides is 1. The molecule has 2 fully saturated rings. The third-order valence-electron chi connectivity index (χ3n) is 4.93. The van der Waals surface area contributed by atoms with E-state index in [1.807, 2.05) is 12.1 Å². The van der Waals surface area contributed by atoms with E-state index < -0.39 is 0 Å². The molecule has 0 aliphatic carbocycles. The molecule has 1 amide bonds. The van der Waals surface area contributed by atoms with Crippen molar-refractivity contribution in [2.75, 3.05) is 32.2 Å². The first-order chi connectivity index (χ1) is 14.2. The van der Waals surface area contributed by atoms with E-state index in [9.17, 15) is 4.79 Å². The summed E-state index contributed by atoms with van der Waals surface area (Å²) in [5.41, 5.74) is 2.13. The van der Waals surface area contributed by atoms with E-state index >= 15 is 0 Å². The number of fused-ring (bicyclic) bond motifs is 1. The molecule has 4 rings (SSSR count). The molecule has 2 saturated heterocycles. The van der Waals surface area contributed by atoms with Crippen LogP contribution in [-0.2, 0) is 19.0 Å². The molecule has 0 bridgehead atoms. The van der Waals surface area contributed by atoms with Crippen LogP contribution in [-0.4, -0.2) is 67.1 Å². The molecule has 9 nitrogen and oxygen atoms in total. The Morgan fingerprint density at radius 1 is 1.28 bits per heavy atom. The van der Waals surface area contributed by atoms with E-state index in [1.54, 1.807) is 24.4 Å². The molecule has 2 aliphatic rings. The molecule has 29 heavy (non-hydrogen) atoms. The number of nitrogens with zero attached hydrogens (tertiary/aromatic N) is 3. The maximum absolute atomic E-state index is 11.8. The number of anilines is 1. The Labute approximate surface area is 168 Å². The molecule has 0 saturated carbocycles. The Bertz CT molecular complexity index is 931. The molecule has 3 heterocycles. The Morgan fingerprint density at radius 3 is 2.86 bits per heavy atom. The van der Waals surface area contributed by atoms with Gasteiger partial charge in [0.15, 0.2) is 0 Å². The summed E-state index contributed by atoms with van der Waals surface area (Å²) in [6.45, 7) is 0.803. The maximum atomic E-state index is 11.8. The number of hydrogen-bond acceptors (Lipinski definition) is 8. The second-order valence-electron chi connectivity index (χ2n) is 6.91. The number of carbonyl (C=O) groups excluding carboxylic acids is 1. The second-order valence-corrected chi connectivity index (χ2v) is 6.91. The lowest BCUT2D eigenvalue weighted by Crippen LogP contribution is -2.45. The molecule has 0 unspecified atom stereocenters. The average Bonchev–Trinajstić information content (AvgIpc) is 3.32. The summed E-state index contributed by atoms with van der Waals surface area (Å²) in [6.07, 6.45) is 1.22. The number of aromatic nitrogens is 2. The van der Waals surface area contributed by atoms with Crippen LogP contribution in [0.5, 0.6) is 0 Å². The van der Waals surface area contributed by atoms with Crippen LogP contribution in [0.2, 0.25) is 0 Å². The van der Waals surface area contributed by atoms with Gasteiger partial charge in [0.1, 0.15) is 18.8 Å². The van der Waals surface area contributed by atoms with Crippen molar-refractivity contribution >= 4 is 11.9 Å². The van der Waals surface area contributed by atoms with Crippen LogP contribution in [0.15, 0.2) is 36.5 Å². The number of ether oxygens (including phenoxy) is 3. The molecule has 9 heteroatoms. The first-order valence-electron chi connectivity index (χ1n) is 9.29. The molecule has 0 spiro atoms. The van der Waals surface area contributed by atoms with Gasteiger partial charge in [0.2, 0.25) is 11.9 Å². The summed E-state index contributed by atoms with van der Waals surface area (Å²) in [5, 5.41) is 15.2. The average molecular weight is 395 g/mol. The van der Waals surface area contributed by atoms with Crippen LogP contribution in [0.25, 0.3) is 11.3 Å². The summed E-state index contributed by atoms with van der Waals surface area (Å²) in [6, 6.07) is 10.8. The van der Waals surface area contributed by atoms with Gasteiger partial charge >= 0.3 is 0 Å². The van der Waals surface area contributed by atoms with Crippen LogP contribution in [0.4, 0.5) is 5.95 Å². The van der Waals surface area contributed by atoms with Gasteiger partial charge in [-0.2, -0.15) is 5.26 Å². The number of nitrogens with one attached hydrogen (secondary N) is 2.